The van der Waals surface area contributed by atoms with Crippen molar-refractivity contribution in [3.8, 4) is 0 Å². The molecule has 2 aliphatic carbocycles. The SMILES string of the molecule is CC(CCO)NC(=O)C1CC2CC2C1. The van der Waals surface area contributed by atoms with Crippen molar-refractivity contribution in [2.45, 2.75) is 38.6 Å². The van der Waals surface area contributed by atoms with Crippen LogP contribution in [0.3, 0.4) is 0 Å². The third-order valence-electron chi connectivity index (χ3n) is 3.57. The van der Waals surface area contributed by atoms with Gasteiger partial charge in [0, 0.05) is 18.6 Å². The molecule has 3 unspecified atom stereocenters. The molecule has 0 aromatic rings. The summed E-state index contributed by atoms with van der Waals surface area (Å²) >= 11 is 0. The number of aliphatic hydroxyl groups is 1. The van der Waals surface area contributed by atoms with Crippen LogP contribution >= 0.6 is 0 Å². The van der Waals surface area contributed by atoms with Crippen molar-refractivity contribution in [3.63, 3.8) is 0 Å². The average Bonchev–Trinajstić information content (AvgIpc) is 2.74. The van der Waals surface area contributed by atoms with E-state index in [4.69, 9.17) is 5.11 Å². The molecule has 0 aliphatic heterocycles. The van der Waals surface area contributed by atoms with Gasteiger partial charge in [-0.05, 0) is 44.4 Å². The molecule has 80 valence electrons. The van der Waals surface area contributed by atoms with Crippen molar-refractivity contribution in [1.29, 1.82) is 0 Å². The maximum Gasteiger partial charge on any atom is 0.223 e. The van der Waals surface area contributed by atoms with Crippen molar-refractivity contribution >= 4 is 5.91 Å². The van der Waals surface area contributed by atoms with Crippen LogP contribution in [-0.4, -0.2) is 23.7 Å². The molecule has 2 aliphatic rings. The second-order valence-corrected chi connectivity index (χ2v) is 4.85. The summed E-state index contributed by atoms with van der Waals surface area (Å²) in [7, 11) is 0. The zero-order valence-electron chi connectivity index (χ0n) is 8.70. The van der Waals surface area contributed by atoms with Crippen molar-refractivity contribution < 1.29 is 9.90 Å². The Morgan fingerprint density at radius 2 is 2.07 bits per heavy atom. The molecule has 2 rings (SSSR count). The fraction of sp³-hybridized carbons (Fsp3) is 0.909. The van der Waals surface area contributed by atoms with Gasteiger partial charge < -0.3 is 10.4 Å². The standard InChI is InChI=1S/C11H19NO2/c1-7(2-3-13)12-11(14)10-5-8-4-9(8)6-10/h7-10,13H,2-6H2,1H3,(H,12,14). The van der Waals surface area contributed by atoms with Crippen LogP contribution in [0.4, 0.5) is 0 Å². The maximum atomic E-state index is 11.7. The minimum atomic E-state index is 0.115. The van der Waals surface area contributed by atoms with E-state index in [9.17, 15) is 4.79 Å². The largest absolute Gasteiger partial charge is 0.396 e. The summed E-state index contributed by atoms with van der Waals surface area (Å²) in [4.78, 5) is 11.7. The molecule has 2 fully saturated rings. The number of rotatable bonds is 4. The van der Waals surface area contributed by atoms with Crippen LogP contribution < -0.4 is 5.32 Å². The van der Waals surface area contributed by atoms with Gasteiger partial charge in [-0.1, -0.05) is 0 Å². The Bertz CT molecular complexity index is 219. The molecule has 0 heterocycles. The minimum Gasteiger partial charge on any atom is -0.396 e. The van der Waals surface area contributed by atoms with Gasteiger partial charge >= 0.3 is 0 Å². The van der Waals surface area contributed by atoms with E-state index in [1.165, 1.54) is 6.42 Å². The topological polar surface area (TPSA) is 49.3 Å². The second kappa shape index (κ2) is 3.89. The van der Waals surface area contributed by atoms with Gasteiger partial charge in [0.2, 0.25) is 5.91 Å². The van der Waals surface area contributed by atoms with E-state index < -0.39 is 0 Å². The lowest BCUT2D eigenvalue weighted by atomic mass is 10.0. The Morgan fingerprint density at radius 1 is 1.43 bits per heavy atom. The fourth-order valence-corrected chi connectivity index (χ4v) is 2.56. The molecule has 0 saturated heterocycles. The van der Waals surface area contributed by atoms with Gasteiger partial charge in [-0.3, -0.25) is 4.79 Å². The summed E-state index contributed by atoms with van der Waals surface area (Å²) in [5.41, 5.74) is 0. The van der Waals surface area contributed by atoms with Gasteiger partial charge in [0.25, 0.3) is 0 Å². The molecule has 0 aromatic heterocycles. The van der Waals surface area contributed by atoms with Gasteiger partial charge in [-0.2, -0.15) is 0 Å². The average molecular weight is 197 g/mol. The molecular formula is C11H19NO2. The first kappa shape index (κ1) is 9.97. The quantitative estimate of drug-likeness (QED) is 0.704. The van der Waals surface area contributed by atoms with Gasteiger partial charge in [0.1, 0.15) is 0 Å². The Hall–Kier alpha value is -0.570. The number of nitrogens with one attached hydrogen (secondary N) is 1. The highest BCUT2D eigenvalue weighted by molar-refractivity contribution is 5.79. The highest BCUT2D eigenvalue weighted by atomic mass is 16.3. The molecule has 1 amide bonds. The predicted octanol–water partition coefficient (Wildman–Crippen LogP) is 0.920. The maximum absolute atomic E-state index is 11.7. The normalized spacial score (nSPS) is 36.3. The van der Waals surface area contributed by atoms with Crippen molar-refractivity contribution in [2.24, 2.45) is 17.8 Å². The monoisotopic (exact) mass is 197 g/mol. The number of hydrogen-bond acceptors (Lipinski definition) is 2. The lowest BCUT2D eigenvalue weighted by molar-refractivity contribution is -0.125. The van der Waals surface area contributed by atoms with E-state index in [-0.39, 0.29) is 24.5 Å². The molecule has 3 heteroatoms. The van der Waals surface area contributed by atoms with E-state index in [0.717, 1.165) is 24.7 Å². The van der Waals surface area contributed by atoms with Gasteiger partial charge in [-0.15, -0.1) is 0 Å². The summed E-state index contributed by atoms with van der Waals surface area (Å²) in [5.74, 6) is 2.19. The van der Waals surface area contributed by atoms with E-state index in [1.807, 2.05) is 6.92 Å². The molecular weight excluding hydrogens is 178 g/mol. The Morgan fingerprint density at radius 3 is 2.64 bits per heavy atom. The summed E-state index contributed by atoms with van der Waals surface area (Å²) in [6, 6.07) is 0.115. The second-order valence-electron chi connectivity index (χ2n) is 4.85. The first-order valence-corrected chi connectivity index (χ1v) is 5.62. The van der Waals surface area contributed by atoms with E-state index in [1.54, 1.807) is 0 Å². The van der Waals surface area contributed by atoms with Gasteiger partial charge in [-0.25, -0.2) is 0 Å². The lowest BCUT2D eigenvalue weighted by Crippen LogP contribution is -2.37. The van der Waals surface area contributed by atoms with Crippen LogP contribution in [0.25, 0.3) is 0 Å². The molecule has 3 atom stereocenters. The lowest BCUT2D eigenvalue weighted by Gasteiger charge is -2.16. The zero-order valence-corrected chi connectivity index (χ0v) is 8.70. The Kier molecular flexibility index (Phi) is 2.77. The first-order valence-electron chi connectivity index (χ1n) is 5.62. The van der Waals surface area contributed by atoms with E-state index in [2.05, 4.69) is 5.32 Å². The highest BCUT2D eigenvalue weighted by Crippen LogP contribution is 2.54. The van der Waals surface area contributed by atoms with E-state index >= 15 is 0 Å². The Labute approximate surface area is 84.9 Å². The fourth-order valence-electron chi connectivity index (χ4n) is 2.56. The smallest absolute Gasteiger partial charge is 0.223 e. The summed E-state index contributed by atoms with van der Waals surface area (Å²) in [6.07, 6.45) is 4.21. The number of aliphatic hydroxyl groups excluding tert-OH is 1. The van der Waals surface area contributed by atoms with Crippen LogP contribution in [0.5, 0.6) is 0 Å². The van der Waals surface area contributed by atoms with Crippen LogP contribution in [0, 0.1) is 17.8 Å². The van der Waals surface area contributed by atoms with Gasteiger partial charge in [0.05, 0.1) is 0 Å². The zero-order chi connectivity index (χ0) is 10.1. The van der Waals surface area contributed by atoms with Crippen molar-refractivity contribution in [2.75, 3.05) is 6.61 Å². The Balaban J connectivity index is 1.72. The first-order chi connectivity index (χ1) is 6.70. The van der Waals surface area contributed by atoms with Crippen LogP contribution in [0.1, 0.15) is 32.6 Å². The van der Waals surface area contributed by atoms with Crippen molar-refractivity contribution in [3.05, 3.63) is 0 Å². The number of carbonyl (C=O) groups excluding carboxylic acids is 1. The summed E-state index contributed by atoms with van der Waals surface area (Å²) in [6.45, 7) is 2.10. The molecule has 0 radical (unpaired) electrons. The summed E-state index contributed by atoms with van der Waals surface area (Å²) in [5, 5.41) is 11.7. The third kappa shape index (κ3) is 2.08. The van der Waals surface area contributed by atoms with Crippen LogP contribution in [0.2, 0.25) is 0 Å². The van der Waals surface area contributed by atoms with E-state index in [0.29, 0.717) is 6.42 Å². The number of hydrogen-bond donors (Lipinski definition) is 2. The molecule has 2 N–H and O–H groups in total. The molecule has 0 bridgehead atoms. The predicted molar refractivity (Wildman–Crippen MR) is 53.6 cm³/mol. The van der Waals surface area contributed by atoms with Gasteiger partial charge in [0.15, 0.2) is 0 Å². The molecule has 2 saturated carbocycles. The number of amides is 1. The van der Waals surface area contributed by atoms with Crippen LogP contribution in [-0.2, 0) is 4.79 Å². The van der Waals surface area contributed by atoms with Crippen LogP contribution in [0.15, 0.2) is 0 Å². The number of carbonyl (C=O) groups is 1. The molecule has 0 aromatic carbocycles. The number of fused-ring (bicyclic) bond motifs is 1. The third-order valence-corrected chi connectivity index (χ3v) is 3.57. The van der Waals surface area contributed by atoms with Crippen molar-refractivity contribution in [1.82, 2.24) is 5.32 Å². The minimum absolute atomic E-state index is 0.115. The molecule has 0 spiro atoms. The molecule has 14 heavy (non-hydrogen) atoms. The highest BCUT2D eigenvalue weighted by Gasteiger charge is 2.47. The summed E-state index contributed by atoms with van der Waals surface area (Å²) < 4.78 is 0. The molecule has 3 nitrogen and oxygen atoms in total.